The number of carbonyl (C=O) groups excluding carboxylic acids is 2. The monoisotopic (exact) mass is 735 g/mol. The van der Waals surface area contributed by atoms with Crippen LogP contribution in [0.25, 0.3) is 0 Å². The Hall–Kier alpha value is -3.15. The number of anilines is 1. The molecule has 2 aromatic rings. The SMILES string of the molecule is COC(=O)[C@@]1(O)CC(=O)N(C)CC/C=C\[C@H](OCCN2CCOC[C@H]2C)[C@@H]2CC[C@H]2CN2C[C@@]3(CCCc4cc(Cl)ccc43)COc3ccc1cc32. The quantitative estimate of drug-likeness (QED) is 0.332. The van der Waals surface area contributed by atoms with Crippen molar-refractivity contribution >= 4 is 29.2 Å². The van der Waals surface area contributed by atoms with Crippen LogP contribution in [0.4, 0.5) is 5.69 Å². The normalized spacial score (nSPS) is 31.8. The number of rotatable bonds is 5. The van der Waals surface area contributed by atoms with Crippen LogP contribution in [0.3, 0.4) is 0 Å². The highest BCUT2D eigenvalue weighted by atomic mass is 35.5. The third kappa shape index (κ3) is 7.47. The zero-order valence-electron chi connectivity index (χ0n) is 30.9. The molecule has 0 radical (unpaired) electrons. The molecule has 3 heterocycles. The Morgan fingerprint density at radius 2 is 2.02 bits per heavy atom. The van der Waals surface area contributed by atoms with E-state index in [9.17, 15) is 14.7 Å². The molecule has 6 atom stereocenters. The minimum Gasteiger partial charge on any atom is -0.490 e. The number of ether oxygens (including phenoxy) is 4. The van der Waals surface area contributed by atoms with Gasteiger partial charge in [-0.05, 0) is 98.2 Å². The van der Waals surface area contributed by atoms with E-state index in [2.05, 4.69) is 41.0 Å². The van der Waals surface area contributed by atoms with Crippen LogP contribution in [0, 0.1) is 11.8 Å². The van der Waals surface area contributed by atoms with E-state index in [0.29, 0.717) is 61.9 Å². The zero-order chi connectivity index (χ0) is 36.5. The van der Waals surface area contributed by atoms with E-state index >= 15 is 0 Å². The lowest BCUT2D eigenvalue weighted by molar-refractivity contribution is -0.168. The molecule has 0 unspecified atom stereocenters. The van der Waals surface area contributed by atoms with Gasteiger partial charge in [-0.3, -0.25) is 9.69 Å². The van der Waals surface area contributed by atoms with Gasteiger partial charge in [0, 0.05) is 56.3 Å². The van der Waals surface area contributed by atoms with Gasteiger partial charge in [-0.2, -0.15) is 0 Å². The summed E-state index contributed by atoms with van der Waals surface area (Å²) < 4.78 is 24.2. The molecule has 1 N–H and O–H groups in total. The summed E-state index contributed by atoms with van der Waals surface area (Å²) in [7, 11) is 2.95. The molecule has 2 fully saturated rings. The van der Waals surface area contributed by atoms with E-state index in [0.717, 1.165) is 75.7 Å². The van der Waals surface area contributed by atoms with Crippen molar-refractivity contribution in [2.45, 2.75) is 75.0 Å². The number of morpholine rings is 1. The van der Waals surface area contributed by atoms with Crippen molar-refractivity contribution in [3.63, 3.8) is 0 Å². The second kappa shape index (κ2) is 15.7. The highest BCUT2D eigenvalue weighted by Crippen LogP contribution is 2.48. The molecular weight excluding hydrogens is 682 g/mol. The minimum atomic E-state index is -2.16. The van der Waals surface area contributed by atoms with Crippen LogP contribution in [-0.2, 0) is 41.2 Å². The Morgan fingerprint density at radius 3 is 2.81 bits per heavy atom. The highest BCUT2D eigenvalue weighted by Gasteiger charge is 2.47. The first-order valence-electron chi connectivity index (χ1n) is 19.1. The van der Waals surface area contributed by atoms with Crippen LogP contribution in [0.5, 0.6) is 5.75 Å². The predicted octanol–water partition coefficient (Wildman–Crippen LogP) is 5.11. The summed E-state index contributed by atoms with van der Waals surface area (Å²) in [6.07, 6.45) is 9.59. The third-order valence-corrected chi connectivity index (χ3v) is 12.6. The van der Waals surface area contributed by atoms with Crippen molar-refractivity contribution < 1.29 is 33.6 Å². The Labute approximate surface area is 313 Å². The molecule has 5 aliphatic rings. The van der Waals surface area contributed by atoms with Crippen molar-refractivity contribution in [3.05, 3.63) is 70.3 Å². The largest absolute Gasteiger partial charge is 0.490 e. The second-order valence-corrected chi connectivity index (χ2v) is 16.1. The molecule has 1 saturated heterocycles. The van der Waals surface area contributed by atoms with Crippen LogP contribution in [0.15, 0.2) is 48.6 Å². The Kier molecular flexibility index (Phi) is 11.2. The lowest BCUT2D eigenvalue weighted by Crippen LogP contribution is -2.50. The van der Waals surface area contributed by atoms with Gasteiger partial charge in [0.15, 0.2) is 5.60 Å². The molecule has 2 aromatic carbocycles. The summed E-state index contributed by atoms with van der Waals surface area (Å²) in [6, 6.07) is 12.0. The van der Waals surface area contributed by atoms with Gasteiger partial charge in [0.25, 0.3) is 0 Å². The maximum atomic E-state index is 13.6. The number of halogens is 1. The average molecular weight is 736 g/mol. The molecule has 2 aliphatic carbocycles. The first-order chi connectivity index (χ1) is 25.1. The van der Waals surface area contributed by atoms with Crippen molar-refractivity contribution in [1.82, 2.24) is 9.80 Å². The van der Waals surface area contributed by atoms with Crippen molar-refractivity contribution in [2.75, 3.05) is 78.2 Å². The fourth-order valence-electron chi connectivity index (χ4n) is 9.07. The molecule has 2 bridgehead atoms. The van der Waals surface area contributed by atoms with Crippen LogP contribution in [0.2, 0.25) is 5.02 Å². The van der Waals surface area contributed by atoms with Gasteiger partial charge in [0.1, 0.15) is 5.75 Å². The van der Waals surface area contributed by atoms with E-state index in [1.165, 1.54) is 18.2 Å². The van der Waals surface area contributed by atoms with Crippen molar-refractivity contribution in [1.29, 1.82) is 0 Å². The van der Waals surface area contributed by atoms with Crippen LogP contribution >= 0.6 is 11.6 Å². The van der Waals surface area contributed by atoms with E-state index in [4.69, 9.17) is 30.5 Å². The number of benzene rings is 2. The summed E-state index contributed by atoms with van der Waals surface area (Å²) >= 11 is 6.49. The maximum absolute atomic E-state index is 13.6. The smallest absolute Gasteiger partial charge is 0.343 e. The molecule has 10 nitrogen and oxygen atoms in total. The van der Waals surface area contributed by atoms with E-state index in [-0.39, 0.29) is 17.4 Å². The molecule has 1 saturated carbocycles. The maximum Gasteiger partial charge on any atom is 0.343 e. The third-order valence-electron chi connectivity index (χ3n) is 12.4. The number of hydrogen-bond donors (Lipinski definition) is 1. The lowest BCUT2D eigenvalue weighted by Gasteiger charge is -2.46. The van der Waals surface area contributed by atoms with Gasteiger partial charge >= 0.3 is 5.97 Å². The molecule has 0 aromatic heterocycles. The van der Waals surface area contributed by atoms with Crippen molar-refractivity contribution in [2.24, 2.45) is 11.8 Å². The lowest BCUT2D eigenvalue weighted by atomic mass is 9.68. The molecular formula is C41H54ClN3O7. The van der Waals surface area contributed by atoms with Gasteiger partial charge in [0.05, 0.1) is 51.7 Å². The number of aliphatic hydroxyl groups is 1. The highest BCUT2D eigenvalue weighted by molar-refractivity contribution is 6.30. The number of nitrogens with zero attached hydrogens (tertiary/aromatic N) is 3. The van der Waals surface area contributed by atoms with Gasteiger partial charge in [-0.1, -0.05) is 35.9 Å². The summed E-state index contributed by atoms with van der Waals surface area (Å²) in [4.78, 5) is 33.3. The Morgan fingerprint density at radius 1 is 1.15 bits per heavy atom. The summed E-state index contributed by atoms with van der Waals surface area (Å²) in [5.74, 6) is 0.160. The number of carbonyl (C=O) groups is 2. The van der Waals surface area contributed by atoms with E-state index in [1.807, 2.05) is 18.2 Å². The number of fused-ring (bicyclic) bond motifs is 4. The van der Waals surface area contributed by atoms with Crippen LogP contribution in [-0.4, -0.2) is 112 Å². The number of methoxy groups -OCH3 is 1. The Bertz CT molecular complexity index is 1650. The molecule has 282 valence electrons. The number of esters is 1. The molecule has 3 aliphatic heterocycles. The molecule has 1 amide bonds. The molecule has 11 heteroatoms. The zero-order valence-corrected chi connectivity index (χ0v) is 31.6. The average Bonchev–Trinajstić information content (AvgIpc) is 3.28. The van der Waals surface area contributed by atoms with Gasteiger partial charge in [-0.25, -0.2) is 4.79 Å². The van der Waals surface area contributed by atoms with Crippen molar-refractivity contribution in [3.8, 4) is 5.75 Å². The van der Waals surface area contributed by atoms with Gasteiger partial charge in [-0.15, -0.1) is 0 Å². The number of aryl methyl sites for hydroxylation is 1. The van der Waals surface area contributed by atoms with Crippen LogP contribution in [0.1, 0.15) is 62.1 Å². The Balaban J connectivity index is 1.25. The minimum absolute atomic E-state index is 0.0473. The first-order valence-corrected chi connectivity index (χ1v) is 19.4. The summed E-state index contributed by atoms with van der Waals surface area (Å²) in [5.41, 5.74) is 1.22. The molecule has 7 rings (SSSR count). The van der Waals surface area contributed by atoms with Gasteiger partial charge < -0.3 is 33.9 Å². The number of amides is 1. The summed E-state index contributed by atoms with van der Waals surface area (Å²) in [6.45, 7) is 8.53. The van der Waals surface area contributed by atoms with Crippen LogP contribution < -0.4 is 9.64 Å². The summed E-state index contributed by atoms with van der Waals surface area (Å²) in [5, 5.41) is 12.8. The first kappa shape index (κ1) is 37.2. The van der Waals surface area contributed by atoms with Gasteiger partial charge in [0.2, 0.25) is 5.91 Å². The van der Waals surface area contributed by atoms with E-state index < -0.39 is 18.0 Å². The second-order valence-electron chi connectivity index (χ2n) is 15.6. The standard InChI is InChI=1S/C41H54ClN3O7/c1-28-25-50-19-17-44(28)18-20-51-36-8-4-5-16-43(2)38(46)23-41(48,39(47)49-3)31-10-14-37-35(22-31)45(24-30-9-12-33(30)36)26-40(27-52-37)15-6-7-29-21-32(42)11-13-34(29)40/h4,8,10-11,13-14,21-22,28,30,33,36,48H,5-7,9,12,15-20,23-27H2,1-3H3/b8-4-/t28-,30+,33-,36+,40+,41-/m1/s1. The fourth-order valence-corrected chi connectivity index (χ4v) is 9.26. The van der Waals surface area contributed by atoms with E-state index in [1.54, 1.807) is 18.0 Å². The molecule has 52 heavy (non-hydrogen) atoms. The number of hydrogen-bond acceptors (Lipinski definition) is 9. The molecule has 1 spiro atoms. The predicted molar refractivity (Wildman–Crippen MR) is 200 cm³/mol. The topological polar surface area (TPSA) is 101 Å². The fraction of sp³-hybridized carbons (Fsp3) is 0.610.